The molecule has 1 fully saturated rings. The van der Waals surface area contributed by atoms with E-state index in [1.165, 1.54) is 0 Å². The summed E-state index contributed by atoms with van der Waals surface area (Å²) in [6, 6.07) is 3.95. The van der Waals surface area contributed by atoms with Gasteiger partial charge in [0, 0.05) is 44.1 Å². The predicted molar refractivity (Wildman–Crippen MR) is 115 cm³/mol. The van der Waals surface area contributed by atoms with E-state index < -0.39 is 0 Å². The fourth-order valence-corrected chi connectivity index (χ4v) is 4.19. The number of guanidine groups is 1. The van der Waals surface area contributed by atoms with E-state index in [1.807, 2.05) is 49.9 Å². The SMILES string of the molecule is CCNC(=NCc1cn2cc(Br)ccc2n1)NCC1(C(=O)N(C)C)CCCC1. The zero-order valence-corrected chi connectivity index (χ0v) is 18.4. The molecule has 0 bridgehead atoms. The summed E-state index contributed by atoms with van der Waals surface area (Å²) >= 11 is 3.48. The molecule has 2 N–H and O–H groups in total. The molecule has 0 saturated heterocycles. The van der Waals surface area contributed by atoms with Crippen LogP contribution in [0.2, 0.25) is 0 Å². The average molecular weight is 449 g/mol. The Morgan fingerprint density at radius 2 is 2.04 bits per heavy atom. The third-order valence-electron chi connectivity index (χ3n) is 5.22. The molecule has 2 aromatic rings. The van der Waals surface area contributed by atoms with E-state index in [0.717, 1.165) is 54.0 Å². The van der Waals surface area contributed by atoms with Gasteiger partial charge in [-0.1, -0.05) is 12.8 Å². The highest BCUT2D eigenvalue weighted by molar-refractivity contribution is 9.10. The number of hydrogen-bond donors (Lipinski definition) is 2. The molecule has 0 unspecified atom stereocenters. The summed E-state index contributed by atoms with van der Waals surface area (Å²) in [4.78, 5) is 23.8. The van der Waals surface area contributed by atoms with Gasteiger partial charge in [0.1, 0.15) is 5.65 Å². The summed E-state index contributed by atoms with van der Waals surface area (Å²) in [7, 11) is 3.67. The molecule has 28 heavy (non-hydrogen) atoms. The quantitative estimate of drug-likeness (QED) is 0.526. The van der Waals surface area contributed by atoms with Crippen LogP contribution < -0.4 is 10.6 Å². The lowest BCUT2D eigenvalue weighted by molar-refractivity contribution is -0.138. The summed E-state index contributed by atoms with van der Waals surface area (Å²) in [5.74, 6) is 0.929. The van der Waals surface area contributed by atoms with E-state index in [0.29, 0.717) is 13.1 Å². The van der Waals surface area contributed by atoms with Crippen LogP contribution in [0.1, 0.15) is 38.3 Å². The van der Waals surface area contributed by atoms with E-state index in [9.17, 15) is 4.79 Å². The fourth-order valence-electron chi connectivity index (χ4n) is 3.84. The highest BCUT2D eigenvalue weighted by atomic mass is 79.9. The molecule has 2 aromatic heterocycles. The van der Waals surface area contributed by atoms with Crippen LogP contribution in [0.5, 0.6) is 0 Å². The smallest absolute Gasteiger partial charge is 0.230 e. The van der Waals surface area contributed by atoms with Crippen molar-refractivity contribution in [3.63, 3.8) is 0 Å². The Kier molecular flexibility index (Phi) is 6.59. The van der Waals surface area contributed by atoms with Crippen LogP contribution in [0, 0.1) is 5.41 Å². The molecule has 0 atom stereocenters. The van der Waals surface area contributed by atoms with Crippen molar-refractivity contribution in [3.05, 3.63) is 34.7 Å². The normalized spacial score (nSPS) is 16.4. The highest BCUT2D eigenvalue weighted by Gasteiger charge is 2.42. The number of imidazole rings is 1. The van der Waals surface area contributed by atoms with Crippen LogP contribution in [-0.4, -0.2) is 53.3 Å². The third-order valence-corrected chi connectivity index (χ3v) is 5.69. The number of pyridine rings is 1. The molecule has 1 amide bonds. The number of amides is 1. The van der Waals surface area contributed by atoms with Gasteiger partial charge in [-0.3, -0.25) is 4.79 Å². The van der Waals surface area contributed by atoms with Gasteiger partial charge in [-0.05, 0) is 47.8 Å². The number of halogens is 1. The van der Waals surface area contributed by atoms with Crippen molar-refractivity contribution in [2.24, 2.45) is 10.4 Å². The lowest BCUT2D eigenvalue weighted by Gasteiger charge is -2.31. The second-order valence-corrected chi connectivity index (χ2v) is 8.50. The van der Waals surface area contributed by atoms with Crippen LogP contribution in [0.25, 0.3) is 5.65 Å². The number of carbonyl (C=O) groups excluding carboxylic acids is 1. The van der Waals surface area contributed by atoms with Gasteiger partial charge >= 0.3 is 0 Å². The maximum Gasteiger partial charge on any atom is 0.230 e. The monoisotopic (exact) mass is 448 g/mol. The van der Waals surface area contributed by atoms with Crippen molar-refractivity contribution in [1.29, 1.82) is 0 Å². The molecule has 0 spiro atoms. The van der Waals surface area contributed by atoms with Gasteiger partial charge in [0.25, 0.3) is 0 Å². The van der Waals surface area contributed by atoms with Crippen molar-refractivity contribution >= 4 is 33.4 Å². The number of aliphatic imine (C=N–C) groups is 1. The van der Waals surface area contributed by atoms with Crippen molar-refractivity contribution < 1.29 is 4.79 Å². The summed E-state index contributed by atoms with van der Waals surface area (Å²) in [6.45, 7) is 3.88. The molecule has 1 saturated carbocycles. The third kappa shape index (κ3) is 4.66. The van der Waals surface area contributed by atoms with Crippen LogP contribution in [0.3, 0.4) is 0 Å². The summed E-state index contributed by atoms with van der Waals surface area (Å²) in [5.41, 5.74) is 1.47. The number of rotatable bonds is 6. The lowest BCUT2D eigenvalue weighted by atomic mass is 9.84. The maximum absolute atomic E-state index is 12.8. The first-order valence-corrected chi connectivity index (χ1v) is 10.6. The number of carbonyl (C=O) groups is 1. The standard InChI is InChI=1S/C20H29BrN6O/c1-4-22-19(24-14-20(9-5-6-10-20)18(28)26(2)3)23-11-16-13-27-12-15(21)7-8-17(27)25-16/h7-8,12-13H,4-6,9-11,14H2,1-3H3,(H2,22,23,24). The Morgan fingerprint density at radius 1 is 1.29 bits per heavy atom. The zero-order chi connectivity index (χ0) is 20.1. The largest absolute Gasteiger partial charge is 0.357 e. The van der Waals surface area contributed by atoms with Crippen LogP contribution >= 0.6 is 15.9 Å². The molecule has 0 aromatic carbocycles. The predicted octanol–water partition coefficient (Wildman–Crippen LogP) is 2.80. The average Bonchev–Trinajstić information content (AvgIpc) is 3.30. The van der Waals surface area contributed by atoms with Crippen molar-refractivity contribution in [2.45, 2.75) is 39.2 Å². The van der Waals surface area contributed by atoms with Crippen LogP contribution in [0.4, 0.5) is 0 Å². The molecule has 7 nitrogen and oxygen atoms in total. The molecule has 0 aliphatic heterocycles. The first-order valence-electron chi connectivity index (χ1n) is 9.80. The van der Waals surface area contributed by atoms with Gasteiger partial charge in [0.2, 0.25) is 5.91 Å². The Bertz CT molecular complexity index is 853. The summed E-state index contributed by atoms with van der Waals surface area (Å²) in [5, 5.41) is 6.68. The zero-order valence-electron chi connectivity index (χ0n) is 16.8. The minimum atomic E-state index is -0.324. The lowest BCUT2D eigenvalue weighted by Crippen LogP contribution is -2.49. The molecule has 2 heterocycles. The highest BCUT2D eigenvalue weighted by Crippen LogP contribution is 2.38. The minimum Gasteiger partial charge on any atom is -0.357 e. The summed E-state index contributed by atoms with van der Waals surface area (Å²) < 4.78 is 2.99. The fraction of sp³-hybridized carbons (Fsp3) is 0.550. The van der Waals surface area contributed by atoms with Crippen molar-refractivity contribution in [2.75, 3.05) is 27.2 Å². The molecule has 1 aliphatic rings. The van der Waals surface area contributed by atoms with Gasteiger partial charge < -0.3 is 19.9 Å². The second kappa shape index (κ2) is 8.94. The Balaban J connectivity index is 1.70. The molecule has 8 heteroatoms. The maximum atomic E-state index is 12.8. The molecular weight excluding hydrogens is 420 g/mol. The number of fused-ring (bicyclic) bond motifs is 1. The van der Waals surface area contributed by atoms with E-state index >= 15 is 0 Å². The van der Waals surface area contributed by atoms with Gasteiger partial charge in [0.05, 0.1) is 17.7 Å². The van der Waals surface area contributed by atoms with Gasteiger partial charge in [-0.25, -0.2) is 9.98 Å². The molecule has 3 rings (SSSR count). The van der Waals surface area contributed by atoms with Crippen molar-refractivity contribution in [1.82, 2.24) is 24.9 Å². The Labute approximate surface area is 174 Å². The first kappa shape index (κ1) is 20.6. The Morgan fingerprint density at radius 3 is 2.71 bits per heavy atom. The van der Waals surface area contributed by atoms with E-state index in [2.05, 4.69) is 36.5 Å². The summed E-state index contributed by atoms with van der Waals surface area (Å²) in [6.07, 6.45) is 8.03. The van der Waals surface area contributed by atoms with E-state index in [1.54, 1.807) is 4.90 Å². The van der Waals surface area contributed by atoms with Crippen LogP contribution in [-0.2, 0) is 11.3 Å². The Hall–Kier alpha value is -2.09. The van der Waals surface area contributed by atoms with E-state index in [4.69, 9.17) is 0 Å². The van der Waals surface area contributed by atoms with Gasteiger partial charge in [-0.15, -0.1) is 0 Å². The van der Waals surface area contributed by atoms with Crippen molar-refractivity contribution in [3.8, 4) is 0 Å². The number of nitrogens with zero attached hydrogens (tertiary/aromatic N) is 4. The van der Waals surface area contributed by atoms with Gasteiger partial charge in [-0.2, -0.15) is 0 Å². The van der Waals surface area contributed by atoms with Crippen LogP contribution in [0.15, 0.2) is 34.0 Å². The topological polar surface area (TPSA) is 74.0 Å². The number of nitrogens with one attached hydrogen (secondary N) is 2. The molecule has 0 radical (unpaired) electrons. The second-order valence-electron chi connectivity index (χ2n) is 7.58. The number of aromatic nitrogens is 2. The number of hydrogen-bond acceptors (Lipinski definition) is 3. The minimum absolute atomic E-state index is 0.208. The molecular formula is C20H29BrN6O. The molecule has 152 valence electrons. The first-order chi connectivity index (χ1) is 13.4. The van der Waals surface area contributed by atoms with Gasteiger partial charge in [0.15, 0.2) is 5.96 Å². The molecule has 1 aliphatic carbocycles. The van der Waals surface area contributed by atoms with E-state index in [-0.39, 0.29) is 11.3 Å².